The first-order chi connectivity index (χ1) is 14.0. The molecule has 31 heavy (non-hydrogen) atoms. The van der Waals surface area contributed by atoms with Gasteiger partial charge >= 0.3 is 12.4 Å². The third-order valence-corrected chi connectivity index (χ3v) is 6.08. The minimum Gasteiger partial charge on any atom is -0.333 e. The average molecular weight is 572 g/mol. The van der Waals surface area contributed by atoms with Crippen molar-refractivity contribution in [2.45, 2.75) is 17.4 Å². The van der Waals surface area contributed by atoms with Gasteiger partial charge in [-0.1, -0.05) is 23.2 Å². The van der Waals surface area contributed by atoms with Gasteiger partial charge in [-0.25, -0.2) is 18.1 Å². The number of hydrogen-bond donors (Lipinski definition) is 1. The molecule has 0 fully saturated rings. The maximum Gasteiger partial charge on any atom is 0.433 e. The van der Waals surface area contributed by atoms with E-state index >= 15 is 0 Å². The fourth-order valence-corrected chi connectivity index (χ4v) is 4.76. The number of rotatable bonds is 3. The first-order valence-corrected chi connectivity index (χ1v) is 11.1. The van der Waals surface area contributed by atoms with Crippen LogP contribution >= 0.6 is 39.1 Å². The van der Waals surface area contributed by atoms with Crippen molar-refractivity contribution in [1.29, 1.82) is 0 Å². The lowest BCUT2D eigenvalue weighted by atomic mass is 10.2. The van der Waals surface area contributed by atoms with Crippen LogP contribution in [-0.4, -0.2) is 34.4 Å². The van der Waals surface area contributed by atoms with E-state index in [0.717, 1.165) is 12.5 Å². The van der Waals surface area contributed by atoms with Gasteiger partial charge in [0.05, 0.1) is 27.4 Å². The lowest BCUT2D eigenvalue weighted by Gasteiger charge is -2.14. The van der Waals surface area contributed by atoms with Gasteiger partial charge in [0.15, 0.2) is 20.6 Å². The molecular formula is C15H7BrCl2F6N4O2S. The first kappa shape index (κ1) is 23.9. The summed E-state index contributed by atoms with van der Waals surface area (Å²) in [5.74, 6) is -0.509. The second kappa shape index (κ2) is 7.67. The van der Waals surface area contributed by atoms with Crippen molar-refractivity contribution < 1.29 is 34.8 Å². The lowest BCUT2D eigenvalue weighted by Crippen LogP contribution is -2.12. The van der Waals surface area contributed by atoms with Crippen molar-refractivity contribution in [2.24, 2.45) is 0 Å². The largest absolute Gasteiger partial charge is 0.433 e. The summed E-state index contributed by atoms with van der Waals surface area (Å²) in [7, 11) is -4.22. The van der Waals surface area contributed by atoms with E-state index in [2.05, 4.69) is 26.0 Å². The number of sulfone groups is 1. The van der Waals surface area contributed by atoms with Gasteiger partial charge in [0.2, 0.25) is 0 Å². The van der Waals surface area contributed by atoms with Crippen LogP contribution in [0.3, 0.4) is 0 Å². The van der Waals surface area contributed by atoms with Crippen LogP contribution in [-0.2, 0) is 22.2 Å². The summed E-state index contributed by atoms with van der Waals surface area (Å²) >= 11 is 14.5. The number of aromatic amines is 1. The summed E-state index contributed by atoms with van der Waals surface area (Å²) < 4.78 is 103. The smallest absolute Gasteiger partial charge is 0.333 e. The molecule has 2 heterocycles. The summed E-state index contributed by atoms with van der Waals surface area (Å²) in [4.78, 5) is 5.59. The third kappa shape index (κ3) is 4.56. The van der Waals surface area contributed by atoms with Gasteiger partial charge in [0, 0.05) is 6.26 Å². The zero-order chi connectivity index (χ0) is 23.5. The number of hydrogen-bond acceptors (Lipinski definition) is 4. The predicted octanol–water partition coefficient (Wildman–Crippen LogP) is 5.77. The second-order valence-electron chi connectivity index (χ2n) is 6.08. The number of imidazole rings is 1. The van der Waals surface area contributed by atoms with Gasteiger partial charge < -0.3 is 4.98 Å². The Morgan fingerprint density at radius 3 is 2.03 bits per heavy atom. The molecule has 0 saturated carbocycles. The minimum absolute atomic E-state index is 0.384. The molecular weight excluding hydrogens is 565 g/mol. The monoisotopic (exact) mass is 570 g/mol. The summed E-state index contributed by atoms with van der Waals surface area (Å²) in [6, 6.07) is 1.03. The van der Waals surface area contributed by atoms with Crippen LogP contribution in [0.2, 0.25) is 10.0 Å². The Balaban J connectivity index is 2.29. The predicted molar refractivity (Wildman–Crippen MR) is 102 cm³/mol. The van der Waals surface area contributed by atoms with E-state index in [4.69, 9.17) is 23.2 Å². The molecule has 1 N–H and O–H groups in total. The lowest BCUT2D eigenvalue weighted by molar-refractivity contribution is -0.141. The van der Waals surface area contributed by atoms with Gasteiger partial charge in [-0.3, -0.25) is 0 Å². The van der Waals surface area contributed by atoms with E-state index in [9.17, 15) is 34.8 Å². The molecule has 6 nitrogen and oxygen atoms in total. The Morgan fingerprint density at radius 2 is 1.61 bits per heavy atom. The van der Waals surface area contributed by atoms with Crippen molar-refractivity contribution in [1.82, 2.24) is 19.7 Å². The number of nitrogens with one attached hydrogen (secondary N) is 1. The molecule has 16 heteroatoms. The zero-order valence-electron chi connectivity index (χ0n) is 14.7. The number of nitrogens with zero attached hydrogens (tertiary/aromatic N) is 3. The van der Waals surface area contributed by atoms with Crippen molar-refractivity contribution in [3.8, 4) is 17.1 Å². The molecule has 0 bridgehead atoms. The highest BCUT2D eigenvalue weighted by atomic mass is 79.9. The molecule has 168 valence electrons. The molecule has 0 aliphatic rings. The molecule has 0 amide bonds. The van der Waals surface area contributed by atoms with Gasteiger partial charge in [-0.05, 0) is 28.1 Å². The summed E-state index contributed by atoms with van der Waals surface area (Å²) in [5, 5.41) is 1.91. The van der Waals surface area contributed by atoms with E-state index in [-0.39, 0.29) is 5.56 Å². The molecule has 0 saturated heterocycles. The van der Waals surface area contributed by atoms with E-state index in [1.165, 1.54) is 0 Å². The van der Waals surface area contributed by atoms with Crippen LogP contribution in [0.25, 0.3) is 17.1 Å². The average Bonchev–Trinajstić information content (AvgIpc) is 3.16. The molecule has 3 rings (SSSR count). The molecule has 3 aromatic rings. The topological polar surface area (TPSA) is 80.6 Å². The molecule has 2 aromatic heterocycles. The molecule has 0 atom stereocenters. The highest BCUT2D eigenvalue weighted by Crippen LogP contribution is 2.40. The van der Waals surface area contributed by atoms with Crippen LogP contribution in [0.5, 0.6) is 0 Å². The normalized spacial score (nSPS) is 13.1. The molecule has 0 unspecified atom stereocenters. The summed E-state index contributed by atoms with van der Waals surface area (Å²) in [5.41, 5.74) is -3.26. The van der Waals surface area contributed by atoms with Gasteiger partial charge in [0.1, 0.15) is 16.1 Å². The van der Waals surface area contributed by atoms with Crippen LogP contribution in [0.4, 0.5) is 26.3 Å². The SMILES string of the molecule is CS(=O)(=O)c1c(-c2nc(Br)c(C(F)(F)F)[nH]2)cnn1-c1c(Cl)cc(C(F)(F)F)cc1Cl. The summed E-state index contributed by atoms with van der Waals surface area (Å²) in [6.07, 6.45) is -8.02. The van der Waals surface area contributed by atoms with Crippen molar-refractivity contribution in [2.75, 3.05) is 6.26 Å². The number of halogens is 9. The van der Waals surface area contributed by atoms with Crippen LogP contribution < -0.4 is 0 Å². The Bertz CT molecular complexity index is 1260. The quantitative estimate of drug-likeness (QED) is 0.405. The maximum atomic E-state index is 13.1. The number of alkyl halides is 6. The maximum absolute atomic E-state index is 13.1. The van der Waals surface area contributed by atoms with Gasteiger partial charge in [0.25, 0.3) is 0 Å². The summed E-state index contributed by atoms with van der Waals surface area (Å²) in [6.45, 7) is 0. The second-order valence-corrected chi connectivity index (χ2v) is 9.58. The van der Waals surface area contributed by atoms with Crippen molar-refractivity contribution in [3.05, 3.63) is 44.2 Å². The van der Waals surface area contributed by atoms with E-state index in [1.807, 2.05) is 4.98 Å². The fourth-order valence-electron chi connectivity index (χ4n) is 2.61. The number of benzene rings is 1. The van der Waals surface area contributed by atoms with Crippen LogP contribution in [0.1, 0.15) is 11.3 Å². The Kier molecular flexibility index (Phi) is 5.91. The van der Waals surface area contributed by atoms with Gasteiger partial charge in [-0.2, -0.15) is 31.4 Å². The number of aromatic nitrogens is 4. The molecule has 0 aliphatic carbocycles. The highest BCUT2D eigenvalue weighted by Gasteiger charge is 2.38. The van der Waals surface area contributed by atoms with E-state index < -0.39 is 64.6 Å². The highest BCUT2D eigenvalue weighted by molar-refractivity contribution is 9.10. The molecule has 1 aromatic carbocycles. The zero-order valence-corrected chi connectivity index (χ0v) is 18.6. The molecule has 0 aliphatic heterocycles. The Morgan fingerprint density at radius 1 is 1.06 bits per heavy atom. The van der Waals surface area contributed by atoms with Crippen molar-refractivity contribution in [3.63, 3.8) is 0 Å². The standard InChI is InChI=1S/C15H7BrCl2F6N4O2S/c1-31(29,30)13-6(12-26-10(11(16)27-12)15(22,23)24)4-25-28(13)9-7(17)2-5(3-8(9)18)14(19,20)21/h2-4H,1H3,(H,26,27). The van der Waals surface area contributed by atoms with Crippen molar-refractivity contribution >= 4 is 49.0 Å². The third-order valence-electron chi connectivity index (χ3n) is 3.83. The molecule has 0 radical (unpaired) electrons. The first-order valence-electron chi connectivity index (χ1n) is 7.69. The number of H-pyrrole nitrogens is 1. The van der Waals surface area contributed by atoms with E-state index in [1.54, 1.807) is 0 Å². The van der Waals surface area contributed by atoms with Gasteiger partial charge in [-0.15, -0.1) is 0 Å². The van der Waals surface area contributed by atoms with E-state index in [0.29, 0.717) is 16.8 Å². The van der Waals surface area contributed by atoms with Crippen LogP contribution in [0, 0.1) is 0 Å². The van der Waals surface area contributed by atoms with Crippen LogP contribution in [0.15, 0.2) is 28.0 Å². The Hall–Kier alpha value is -1.77. The fraction of sp³-hybridized carbons (Fsp3) is 0.200. The Labute approximate surface area is 188 Å². The molecule has 0 spiro atoms. The minimum atomic E-state index is -4.83.